The molecule has 1 aliphatic rings. The molecule has 0 bridgehead atoms. The molecule has 0 fully saturated rings. The van der Waals surface area contributed by atoms with Crippen LogP contribution in [-0.2, 0) is 26.4 Å². The number of nitrogens with one attached hydrogen (secondary N) is 1. The average Bonchev–Trinajstić information content (AvgIpc) is 3.05. The van der Waals surface area contributed by atoms with Crippen LogP contribution in [0.3, 0.4) is 0 Å². The maximum absolute atomic E-state index is 12.2. The number of aromatic nitrogens is 4. The van der Waals surface area contributed by atoms with E-state index in [0.29, 0.717) is 6.54 Å². The Morgan fingerprint density at radius 3 is 3.10 bits per heavy atom. The fourth-order valence-electron chi connectivity index (χ4n) is 2.64. The van der Waals surface area contributed by atoms with Crippen LogP contribution in [0.1, 0.15) is 34.6 Å². The van der Waals surface area contributed by atoms with E-state index in [-0.39, 0.29) is 5.91 Å². The lowest BCUT2D eigenvalue weighted by molar-refractivity contribution is 0.0952. The van der Waals surface area contributed by atoms with E-state index in [1.165, 1.54) is 0 Å². The van der Waals surface area contributed by atoms with E-state index < -0.39 is 0 Å². The van der Waals surface area contributed by atoms with Gasteiger partial charge < -0.3 is 9.88 Å². The van der Waals surface area contributed by atoms with Gasteiger partial charge >= 0.3 is 0 Å². The lowest BCUT2D eigenvalue weighted by Gasteiger charge is -2.14. The van der Waals surface area contributed by atoms with Gasteiger partial charge in [-0.15, -0.1) is 0 Å². The molecule has 0 radical (unpaired) electrons. The van der Waals surface area contributed by atoms with Crippen LogP contribution in [0, 0.1) is 0 Å². The Morgan fingerprint density at radius 2 is 2.30 bits per heavy atom. The number of hydrogen-bond acceptors (Lipinski definition) is 3. The van der Waals surface area contributed by atoms with Crippen LogP contribution in [0.25, 0.3) is 0 Å². The molecule has 3 heterocycles. The summed E-state index contributed by atoms with van der Waals surface area (Å²) in [5, 5.41) is 7.26. The summed E-state index contributed by atoms with van der Waals surface area (Å²) in [5.41, 5.74) is 2.92. The zero-order valence-electron chi connectivity index (χ0n) is 11.7. The highest BCUT2D eigenvalue weighted by Crippen LogP contribution is 2.17. The highest BCUT2D eigenvalue weighted by Gasteiger charge is 2.19. The molecule has 20 heavy (non-hydrogen) atoms. The molecular weight excluding hydrogens is 254 g/mol. The fraction of sp³-hybridized carbons (Fsp3) is 0.500. The van der Waals surface area contributed by atoms with Gasteiger partial charge in [0.1, 0.15) is 0 Å². The van der Waals surface area contributed by atoms with E-state index in [1.807, 2.05) is 22.5 Å². The summed E-state index contributed by atoms with van der Waals surface area (Å²) in [5.74, 6) is -0.0182. The van der Waals surface area contributed by atoms with Crippen molar-refractivity contribution < 1.29 is 4.79 Å². The maximum Gasteiger partial charge on any atom is 0.254 e. The number of rotatable bonds is 4. The van der Waals surface area contributed by atoms with Crippen molar-refractivity contribution in [3.63, 3.8) is 0 Å². The number of aryl methyl sites for hydroxylation is 2. The van der Waals surface area contributed by atoms with Gasteiger partial charge in [0, 0.05) is 38.4 Å². The second-order valence-electron chi connectivity index (χ2n) is 5.19. The maximum atomic E-state index is 12.2. The van der Waals surface area contributed by atoms with Crippen molar-refractivity contribution in [2.45, 2.75) is 32.2 Å². The third-order valence-electron chi connectivity index (χ3n) is 3.81. The molecule has 6 heteroatoms. The molecule has 0 saturated carbocycles. The molecule has 106 valence electrons. The quantitative estimate of drug-likeness (QED) is 0.901. The zero-order chi connectivity index (χ0) is 13.9. The lowest BCUT2D eigenvalue weighted by atomic mass is 10.1. The van der Waals surface area contributed by atoms with E-state index >= 15 is 0 Å². The number of fused-ring (bicyclic) bond motifs is 1. The first-order valence-electron chi connectivity index (χ1n) is 7.04. The first-order valence-corrected chi connectivity index (χ1v) is 7.04. The smallest absolute Gasteiger partial charge is 0.254 e. The standard InChI is InChI=1S/C14H19N5O/c1-18-10-15-8-11(18)5-6-16-14(20)12-9-17-19-7-3-2-4-13(12)19/h8-10H,2-7H2,1H3,(H,16,20). The Bertz CT molecular complexity index is 613. The van der Waals surface area contributed by atoms with Gasteiger partial charge in [-0.3, -0.25) is 9.48 Å². The minimum Gasteiger partial charge on any atom is -0.352 e. The van der Waals surface area contributed by atoms with Crippen molar-refractivity contribution in [3.05, 3.63) is 35.7 Å². The summed E-state index contributed by atoms with van der Waals surface area (Å²) in [6.07, 6.45) is 9.31. The van der Waals surface area contributed by atoms with Gasteiger partial charge in [-0.25, -0.2) is 4.98 Å². The molecule has 0 atom stereocenters. The molecule has 0 spiro atoms. The predicted molar refractivity (Wildman–Crippen MR) is 74.4 cm³/mol. The molecule has 0 aliphatic carbocycles. The molecular formula is C14H19N5O. The molecule has 2 aromatic heterocycles. The Kier molecular flexibility index (Phi) is 3.54. The zero-order valence-corrected chi connectivity index (χ0v) is 11.7. The van der Waals surface area contributed by atoms with Gasteiger partial charge in [-0.1, -0.05) is 0 Å². The fourth-order valence-corrected chi connectivity index (χ4v) is 2.64. The van der Waals surface area contributed by atoms with Crippen LogP contribution in [0.2, 0.25) is 0 Å². The van der Waals surface area contributed by atoms with Crippen LogP contribution < -0.4 is 5.32 Å². The average molecular weight is 273 g/mol. The molecule has 1 N–H and O–H groups in total. The van der Waals surface area contributed by atoms with Crippen molar-refractivity contribution in [2.24, 2.45) is 7.05 Å². The van der Waals surface area contributed by atoms with Crippen LogP contribution in [0.4, 0.5) is 0 Å². The molecule has 0 unspecified atom stereocenters. The number of hydrogen-bond donors (Lipinski definition) is 1. The lowest BCUT2D eigenvalue weighted by Crippen LogP contribution is -2.27. The summed E-state index contributed by atoms with van der Waals surface area (Å²) in [6.45, 7) is 1.54. The van der Waals surface area contributed by atoms with Crippen LogP contribution >= 0.6 is 0 Å². The van der Waals surface area contributed by atoms with Crippen LogP contribution in [0.15, 0.2) is 18.7 Å². The van der Waals surface area contributed by atoms with Crippen molar-refractivity contribution >= 4 is 5.91 Å². The van der Waals surface area contributed by atoms with Crippen molar-refractivity contribution in [1.29, 1.82) is 0 Å². The van der Waals surface area contributed by atoms with Crippen LogP contribution in [0.5, 0.6) is 0 Å². The highest BCUT2D eigenvalue weighted by atomic mass is 16.1. The predicted octanol–water partition coefficient (Wildman–Crippen LogP) is 0.925. The molecule has 0 aromatic carbocycles. The second kappa shape index (κ2) is 5.48. The minimum absolute atomic E-state index is 0.0182. The summed E-state index contributed by atoms with van der Waals surface area (Å²) < 4.78 is 3.92. The molecule has 2 aromatic rings. The van der Waals surface area contributed by atoms with E-state index in [4.69, 9.17) is 0 Å². The number of nitrogens with zero attached hydrogens (tertiary/aromatic N) is 4. The molecule has 1 amide bonds. The molecule has 6 nitrogen and oxygen atoms in total. The topological polar surface area (TPSA) is 64.7 Å². The van der Waals surface area contributed by atoms with E-state index in [9.17, 15) is 4.79 Å². The number of carbonyl (C=O) groups is 1. The third-order valence-corrected chi connectivity index (χ3v) is 3.81. The number of carbonyl (C=O) groups excluding carboxylic acids is 1. The third kappa shape index (κ3) is 2.45. The Hall–Kier alpha value is -2.11. The number of imidazole rings is 1. The monoisotopic (exact) mass is 273 g/mol. The van der Waals surface area contributed by atoms with Gasteiger partial charge in [-0.2, -0.15) is 5.10 Å². The van der Waals surface area contributed by atoms with Crippen molar-refractivity contribution in [3.8, 4) is 0 Å². The van der Waals surface area contributed by atoms with Crippen molar-refractivity contribution in [2.75, 3.05) is 6.54 Å². The summed E-state index contributed by atoms with van der Waals surface area (Å²) in [7, 11) is 1.96. The van der Waals surface area contributed by atoms with Crippen molar-refractivity contribution in [1.82, 2.24) is 24.6 Å². The van der Waals surface area contributed by atoms with E-state index in [2.05, 4.69) is 15.4 Å². The summed E-state index contributed by atoms with van der Waals surface area (Å²) in [6, 6.07) is 0. The largest absolute Gasteiger partial charge is 0.352 e. The van der Waals surface area contributed by atoms with E-state index in [0.717, 1.165) is 49.2 Å². The molecule has 0 saturated heterocycles. The first-order chi connectivity index (χ1) is 9.75. The van der Waals surface area contributed by atoms with Gasteiger partial charge in [0.25, 0.3) is 5.91 Å². The minimum atomic E-state index is -0.0182. The normalized spacial score (nSPS) is 14.1. The summed E-state index contributed by atoms with van der Waals surface area (Å²) >= 11 is 0. The molecule has 1 aliphatic heterocycles. The Balaban J connectivity index is 1.59. The van der Waals surface area contributed by atoms with Gasteiger partial charge in [0.15, 0.2) is 0 Å². The second-order valence-corrected chi connectivity index (χ2v) is 5.19. The highest BCUT2D eigenvalue weighted by molar-refractivity contribution is 5.95. The van der Waals surface area contributed by atoms with Crippen LogP contribution in [-0.4, -0.2) is 31.8 Å². The van der Waals surface area contributed by atoms with Gasteiger partial charge in [0.2, 0.25) is 0 Å². The summed E-state index contributed by atoms with van der Waals surface area (Å²) in [4.78, 5) is 16.3. The van der Waals surface area contributed by atoms with E-state index in [1.54, 1.807) is 12.5 Å². The SMILES string of the molecule is Cn1cncc1CCNC(=O)c1cnn2c1CCCC2. The number of amides is 1. The Morgan fingerprint density at radius 1 is 1.40 bits per heavy atom. The first kappa shape index (κ1) is 12.9. The van der Waals surface area contributed by atoms with Gasteiger partial charge in [0.05, 0.1) is 23.8 Å². The van der Waals surface area contributed by atoms with Gasteiger partial charge in [-0.05, 0) is 19.3 Å². The Labute approximate surface area is 117 Å². The molecule has 3 rings (SSSR count).